The third-order valence-corrected chi connectivity index (χ3v) is 10.5. The fourth-order valence-electron chi connectivity index (χ4n) is 3.30. The molecule has 1 aromatic rings. The quantitative estimate of drug-likeness (QED) is 0.567. The maximum Gasteiger partial charge on any atom is 0.0817 e. The van der Waals surface area contributed by atoms with E-state index in [1.54, 1.807) is 0 Å². The lowest BCUT2D eigenvalue weighted by molar-refractivity contribution is -0.00679. The summed E-state index contributed by atoms with van der Waals surface area (Å²) < 4.78 is 12.0. The minimum Gasteiger partial charge on any atom is -0.374 e. The summed E-state index contributed by atoms with van der Waals surface area (Å²) in [6.45, 7) is 8.42. The number of rotatable bonds is 9. The molecule has 2 atom stereocenters. The molecule has 0 spiro atoms. The molecule has 1 heterocycles. The number of benzene rings is 1. The number of ether oxygens (including phenoxy) is 2. The van der Waals surface area contributed by atoms with Crippen LogP contribution in [0.25, 0.3) is 0 Å². The molecule has 0 amide bonds. The van der Waals surface area contributed by atoms with E-state index in [0.29, 0.717) is 19.3 Å². The van der Waals surface area contributed by atoms with E-state index in [1.807, 2.05) is 6.07 Å². The van der Waals surface area contributed by atoms with Gasteiger partial charge in [-0.3, -0.25) is 0 Å². The van der Waals surface area contributed by atoms with Gasteiger partial charge < -0.3 is 9.47 Å². The molecular formula is C20H32O2Si. The van der Waals surface area contributed by atoms with Gasteiger partial charge in [0.15, 0.2) is 0 Å². The summed E-state index contributed by atoms with van der Waals surface area (Å²) in [5.41, 5.74) is 3.77. The van der Waals surface area contributed by atoms with Gasteiger partial charge >= 0.3 is 0 Å². The van der Waals surface area contributed by atoms with Gasteiger partial charge in [0.25, 0.3) is 0 Å². The van der Waals surface area contributed by atoms with Crippen LogP contribution in [0.3, 0.4) is 0 Å². The van der Waals surface area contributed by atoms with Crippen LogP contribution in [-0.4, -0.2) is 26.9 Å². The fourth-order valence-corrected chi connectivity index (χ4v) is 6.13. The molecule has 0 N–H and O–H groups in total. The van der Waals surface area contributed by atoms with Crippen LogP contribution in [0.2, 0.25) is 18.1 Å². The Labute approximate surface area is 142 Å². The largest absolute Gasteiger partial charge is 0.374 e. The Hall–Kier alpha value is -0.903. The summed E-state index contributed by atoms with van der Waals surface area (Å²) in [5.74, 6) is 0. The van der Waals surface area contributed by atoms with Crippen LogP contribution in [0.1, 0.15) is 39.2 Å². The molecule has 0 radical (unpaired) electrons. The van der Waals surface area contributed by atoms with Gasteiger partial charge in [-0.1, -0.05) is 81.0 Å². The highest BCUT2D eigenvalue weighted by Gasteiger charge is 2.27. The van der Waals surface area contributed by atoms with E-state index in [2.05, 4.69) is 56.8 Å². The van der Waals surface area contributed by atoms with Crippen molar-refractivity contribution in [1.29, 1.82) is 0 Å². The van der Waals surface area contributed by atoms with Crippen molar-refractivity contribution in [2.45, 2.75) is 70.6 Å². The number of hydrogen-bond acceptors (Lipinski definition) is 2. The summed E-state index contributed by atoms with van der Waals surface area (Å²) >= 11 is 0. The van der Waals surface area contributed by atoms with E-state index in [9.17, 15) is 0 Å². The van der Waals surface area contributed by atoms with Gasteiger partial charge in [-0.05, 0) is 18.4 Å². The number of hydrogen-bond donors (Lipinski definition) is 0. The van der Waals surface area contributed by atoms with Crippen LogP contribution < -0.4 is 0 Å². The van der Waals surface area contributed by atoms with E-state index >= 15 is 0 Å². The van der Waals surface area contributed by atoms with Crippen LogP contribution in [0.4, 0.5) is 0 Å². The molecule has 23 heavy (non-hydrogen) atoms. The highest BCUT2D eigenvalue weighted by Crippen LogP contribution is 2.25. The minimum absolute atomic E-state index is 0.259. The van der Waals surface area contributed by atoms with Crippen LogP contribution in [0.15, 0.2) is 42.1 Å². The summed E-state index contributed by atoms with van der Waals surface area (Å²) in [5, 5.41) is 0. The molecule has 0 aromatic heterocycles. The fraction of sp³-hybridized carbons (Fsp3) is 0.600. The summed E-state index contributed by atoms with van der Waals surface area (Å²) in [6, 6.07) is 14.4. The lowest BCUT2D eigenvalue weighted by Gasteiger charge is -2.24. The molecule has 2 rings (SSSR count). The lowest BCUT2D eigenvalue weighted by Crippen LogP contribution is -2.29. The van der Waals surface area contributed by atoms with Gasteiger partial charge in [-0.25, -0.2) is 0 Å². The van der Waals surface area contributed by atoms with E-state index in [1.165, 1.54) is 23.7 Å². The van der Waals surface area contributed by atoms with Crippen molar-refractivity contribution in [2.24, 2.45) is 0 Å². The van der Waals surface area contributed by atoms with Crippen LogP contribution in [0.5, 0.6) is 0 Å². The van der Waals surface area contributed by atoms with Gasteiger partial charge in [-0.15, -0.1) is 0 Å². The van der Waals surface area contributed by atoms with Crippen LogP contribution >= 0.6 is 0 Å². The van der Waals surface area contributed by atoms with E-state index in [0.717, 1.165) is 12.8 Å². The molecule has 0 aliphatic carbocycles. The third-order valence-electron chi connectivity index (χ3n) is 5.33. The Balaban J connectivity index is 1.73. The Kier molecular flexibility index (Phi) is 7.54. The Morgan fingerprint density at radius 2 is 1.78 bits per heavy atom. The van der Waals surface area contributed by atoms with Crippen molar-refractivity contribution >= 4 is 8.07 Å². The molecule has 1 aromatic carbocycles. The lowest BCUT2D eigenvalue weighted by atomic mass is 10.2. The smallest absolute Gasteiger partial charge is 0.0817 e. The average Bonchev–Trinajstić information content (AvgIpc) is 3.05. The van der Waals surface area contributed by atoms with Crippen molar-refractivity contribution in [3.8, 4) is 0 Å². The zero-order chi connectivity index (χ0) is 16.5. The molecular weight excluding hydrogens is 300 g/mol. The van der Waals surface area contributed by atoms with Crippen molar-refractivity contribution in [2.75, 3.05) is 6.61 Å². The summed E-state index contributed by atoms with van der Waals surface area (Å²) in [7, 11) is -1.17. The zero-order valence-corrected chi connectivity index (χ0v) is 16.0. The maximum atomic E-state index is 6.14. The molecule has 2 nitrogen and oxygen atoms in total. The second-order valence-corrected chi connectivity index (χ2v) is 11.8. The van der Waals surface area contributed by atoms with E-state index < -0.39 is 8.07 Å². The Morgan fingerprint density at radius 1 is 1.09 bits per heavy atom. The first-order chi connectivity index (χ1) is 11.2. The first-order valence-electron chi connectivity index (χ1n) is 9.18. The topological polar surface area (TPSA) is 18.5 Å². The summed E-state index contributed by atoms with van der Waals surface area (Å²) in [4.78, 5) is 0. The monoisotopic (exact) mass is 332 g/mol. The first kappa shape index (κ1) is 18.4. The molecule has 3 heteroatoms. The molecule has 1 aliphatic rings. The Morgan fingerprint density at radius 3 is 2.43 bits per heavy atom. The molecule has 128 valence electrons. The normalized spacial score (nSPS) is 22.0. The molecule has 1 saturated heterocycles. The molecule has 0 bridgehead atoms. The van der Waals surface area contributed by atoms with Crippen LogP contribution in [-0.2, 0) is 16.1 Å². The average molecular weight is 333 g/mol. The van der Waals surface area contributed by atoms with Crippen molar-refractivity contribution in [3.63, 3.8) is 0 Å². The van der Waals surface area contributed by atoms with E-state index in [4.69, 9.17) is 9.47 Å². The second kappa shape index (κ2) is 9.41. The van der Waals surface area contributed by atoms with Crippen molar-refractivity contribution in [3.05, 3.63) is 47.7 Å². The van der Waals surface area contributed by atoms with Crippen LogP contribution in [0, 0.1) is 0 Å². The van der Waals surface area contributed by atoms with Gasteiger partial charge in [0.2, 0.25) is 0 Å². The van der Waals surface area contributed by atoms with Gasteiger partial charge in [0.05, 0.1) is 33.5 Å². The zero-order valence-electron chi connectivity index (χ0n) is 15.0. The predicted octanol–water partition coefficient (Wildman–Crippen LogP) is 5.35. The molecule has 1 aliphatic heterocycles. The second-order valence-electron chi connectivity index (χ2n) is 6.66. The van der Waals surface area contributed by atoms with Gasteiger partial charge in [0.1, 0.15) is 0 Å². The maximum absolute atomic E-state index is 6.14. The van der Waals surface area contributed by atoms with Gasteiger partial charge in [-0.2, -0.15) is 0 Å². The van der Waals surface area contributed by atoms with Gasteiger partial charge in [0, 0.05) is 0 Å². The first-order valence-corrected chi connectivity index (χ1v) is 11.9. The predicted molar refractivity (Wildman–Crippen MR) is 100 cm³/mol. The third kappa shape index (κ3) is 5.59. The van der Waals surface area contributed by atoms with E-state index in [-0.39, 0.29) is 6.10 Å². The molecule has 2 unspecified atom stereocenters. The SMILES string of the molecule is CC[Si](/C=C/C1CCC(COCc2ccccc2)O1)(CC)CC. The van der Waals surface area contributed by atoms with Crippen molar-refractivity contribution < 1.29 is 9.47 Å². The Bertz CT molecular complexity index is 460. The molecule has 1 fully saturated rings. The van der Waals surface area contributed by atoms with Crippen molar-refractivity contribution in [1.82, 2.24) is 0 Å². The standard InChI is InChI=1S/C20H32O2Si/c1-4-23(5-2,6-3)15-14-19-12-13-20(22-19)17-21-16-18-10-8-7-9-11-18/h7-11,14-15,19-20H,4-6,12-13,16-17H2,1-3H3/b15-14+. The summed E-state index contributed by atoms with van der Waals surface area (Å²) in [6.07, 6.45) is 5.17. The minimum atomic E-state index is -1.17. The molecule has 0 saturated carbocycles. The highest BCUT2D eigenvalue weighted by atomic mass is 28.3. The highest BCUT2D eigenvalue weighted by molar-refractivity contribution is 6.84.